The number of carbonyl (C=O) groups excluding carboxylic acids is 3. The van der Waals surface area contributed by atoms with Gasteiger partial charge in [0.1, 0.15) is 48.3 Å². The molecule has 4 aromatic heterocycles. The van der Waals surface area contributed by atoms with Crippen molar-refractivity contribution in [2.75, 3.05) is 77.9 Å². The van der Waals surface area contributed by atoms with Gasteiger partial charge in [-0.2, -0.15) is 4.98 Å². The number of H-pyrrole nitrogens is 2. The molecule has 0 bridgehead atoms. The average Bonchev–Trinajstić information content (AvgIpc) is 4.10. The number of ether oxygens (including phenoxy) is 6. The Morgan fingerprint density at radius 3 is 1.88 bits per heavy atom. The molecule has 7 heterocycles. The first kappa shape index (κ1) is 56.0. The van der Waals surface area contributed by atoms with Crippen LogP contribution in [0.3, 0.4) is 0 Å². The number of anilines is 1. The molecule has 0 spiro atoms. The fourth-order valence-electron chi connectivity index (χ4n) is 7.91. The van der Waals surface area contributed by atoms with Crippen LogP contribution in [-0.2, 0) is 76.5 Å². The van der Waals surface area contributed by atoms with E-state index in [4.69, 9.17) is 52.2 Å². The van der Waals surface area contributed by atoms with Gasteiger partial charge in [-0.15, -0.1) is 0 Å². The van der Waals surface area contributed by atoms with Crippen molar-refractivity contribution in [1.82, 2.24) is 44.4 Å². The molecule has 3 saturated heterocycles. The lowest BCUT2D eigenvalue weighted by atomic mass is 10.0. The van der Waals surface area contributed by atoms with Crippen LogP contribution < -0.4 is 27.5 Å². The van der Waals surface area contributed by atoms with E-state index in [9.17, 15) is 42.9 Å². The minimum absolute atomic E-state index is 0.0126. The van der Waals surface area contributed by atoms with E-state index in [1.807, 2.05) is 0 Å². The van der Waals surface area contributed by atoms with Crippen LogP contribution in [0.15, 0.2) is 22.2 Å². The number of carbonyl (C=O) groups is 3. The number of ketones is 1. The van der Waals surface area contributed by atoms with E-state index in [2.05, 4.69) is 40.5 Å². The maximum absolute atomic E-state index is 14.0. The molecule has 0 saturated carbocycles. The summed E-state index contributed by atoms with van der Waals surface area (Å²) in [7, 11) is -10.4. The summed E-state index contributed by atoms with van der Waals surface area (Å²) in [5.41, 5.74) is 3.50. The smallest absolute Gasteiger partial charge is 0.379 e. The van der Waals surface area contributed by atoms with Crippen molar-refractivity contribution in [2.45, 2.75) is 90.4 Å². The van der Waals surface area contributed by atoms with Gasteiger partial charge in [0.15, 0.2) is 28.6 Å². The van der Waals surface area contributed by atoms with E-state index < -0.39 is 107 Å². The molecule has 3 aliphatic rings. The van der Waals surface area contributed by atoms with Crippen LogP contribution in [0.25, 0.3) is 22.3 Å². The first-order valence-electron chi connectivity index (χ1n) is 23.4. The maximum atomic E-state index is 14.0. The number of amides is 2. The molecule has 8 N–H and O–H groups in total. The van der Waals surface area contributed by atoms with Crippen molar-refractivity contribution in [1.29, 1.82) is 0 Å². The quantitative estimate of drug-likeness (QED) is 0.0401. The van der Waals surface area contributed by atoms with Gasteiger partial charge in [0.05, 0.1) is 85.1 Å². The van der Waals surface area contributed by atoms with Crippen LogP contribution in [0.4, 0.5) is 5.95 Å². The molecule has 4 aromatic rings. The van der Waals surface area contributed by atoms with Gasteiger partial charge < -0.3 is 54.2 Å². The minimum atomic E-state index is -5.25. The van der Waals surface area contributed by atoms with Crippen molar-refractivity contribution in [3.05, 3.63) is 39.2 Å². The Balaban J connectivity index is 1.11. The zero-order valence-electron chi connectivity index (χ0n) is 40.6. The number of fused-ring (bicyclic) bond motifs is 4. The van der Waals surface area contributed by atoms with Gasteiger partial charge >= 0.3 is 15.6 Å². The number of aromatic amines is 2. The lowest BCUT2D eigenvalue weighted by molar-refractivity contribution is -0.124. The Labute approximate surface area is 415 Å². The number of hydrogen-bond donors (Lipinski definition) is 7. The van der Waals surface area contributed by atoms with Crippen molar-refractivity contribution in [2.24, 2.45) is 23.5 Å². The Hall–Kier alpha value is -4.75. The number of rotatable bonds is 22. The number of nitrogens with zero attached hydrogens (tertiary/aromatic N) is 6. The van der Waals surface area contributed by atoms with E-state index in [0.29, 0.717) is 33.0 Å². The standard InChI is InChI=1S/C41H61N11O19P2/c1-21(2)24(53)16-27-45-34-30(37(56)46-27)43-19-51(34)39-23(5)32-25(68-39)17-66-73(60,61)71-33-26(18-67-72(58,59)70-32)69-40(52-20-44-31-35(52)48-41(50-38(31)57)49-36(55)22(3)4)29(33)47-28(54)6-8-62-10-12-64-14-15-65-13-11-63-9-7-42/h19-23,25-26,29,32-33,39-40H,6-18,42H2,1-5H3,(H,47,54)(H,58,59)(H,60,61)(H,45,46,56)(H2,48,49,50,55,57)/t23-,25+,26+,29?,32?,33-,39+,40+/m0/s1. The zero-order valence-corrected chi connectivity index (χ0v) is 42.4. The van der Waals surface area contributed by atoms with Crippen LogP contribution in [-0.4, -0.2) is 169 Å². The molecule has 7 rings (SSSR count). The van der Waals surface area contributed by atoms with Crippen molar-refractivity contribution in [3.63, 3.8) is 0 Å². The second-order valence-corrected chi connectivity index (χ2v) is 20.6. The summed E-state index contributed by atoms with van der Waals surface area (Å²) in [6.07, 6.45) is -6.79. The monoisotopic (exact) mass is 1070 g/mol. The van der Waals surface area contributed by atoms with E-state index in [1.54, 1.807) is 34.6 Å². The highest BCUT2D eigenvalue weighted by molar-refractivity contribution is 7.47. The molecule has 3 aliphatic heterocycles. The lowest BCUT2D eigenvalue weighted by Gasteiger charge is -2.29. The molecule has 0 radical (unpaired) electrons. The van der Waals surface area contributed by atoms with E-state index >= 15 is 0 Å². The zero-order chi connectivity index (χ0) is 52.6. The van der Waals surface area contributed by atoms with Crippen molar-refractivity contribution >= 4 is 61.5 Å². The largest absolute Gasteiger partial charge is 0.472 e. The predicted molar refractivity (Wildman–Crippen MR) is 250 cm³/mol. The summed E-state index contributed by atoms with van der Waals surface area (Å²) in [6, 6.07) is -1.49. The summed E-state index contributed by atoms with van der Waals surface area (Å²) in [6.45, 7) is 8.95. The number of nitrogens with two attached hydrogens (primary N) is 1. The van der Waals surface area contributed by atoms with Gasteiger partial charge in [-0.1, -0.05) is 34.6 Å². The molecular formula is C41H61N11O19P2. The van der Waals surface area contributed by atoms with Crippen molar-refractivity contribution < 1.29 is 79.8 Å². The molecular weight excluding hydrogens is 1010 g/mol. The summed E-state index contributed by atoms with van der Waals surface area (Å²) >= 11 is 0. The van der Waals surface area contributed by atoms with E-state index in [-0.39, 0.29) is 85.1 Å². The van der Waals surface area contributed by atoms with Crippen LogP contribution >= 0.6 is 15.6 Å². The SMILES string of the molecule is CC(C)C(=O)Cc1nc2c(ncn2[C@@H]2O[C@@H]3COP(=O)(O)O[C@@H]4C(NC(=O)CCOCCOCCOCCOCCN)[C@H](n5cnc6c(=O)[nH]c(NC(=O)C(C)C)nc65)O[C@@H]4COP(=O)(O)OC3[C@@H]2C)c(=O)[nH]1. The molecule has 4 unspecified atom stereocenters. The van der Waals surface area contributed by atoms with Gasteiger partial charge in [-0.25, -0.2) is 24.1 Å². The van der Waals surface area contributed by atoms with Gasteiger partial charge in [0, 0.05) is 30.7 Å². The molecule has 10 atom stereocenters. The molecule has 404 valence electrons. The average molecular weight is 1070 g/mol. The highest BCUT2D eigenvalue weighted by Crippen LogP contribution is 2.54. The summed E-state index contributed by atoms with van der Waals surface area (Å²) in [5.74, 6) is -3.30. The van der Waals surface area contributed by atoms with Gasteiger partial charge in [0.25, 0.3) is 11.1 Å². The van der Waals surface area contributed by atoms with Gasteiger partial charge in [0.2, 0.25) is 17.8 Å². The first-order chi connectivity index (χ1) is 34.8. The number of hydrogen-bond acceptors (Lipinski definition) is 22. The maximum Gasteiger partial charge on any atom is 0.472 e. The Morgan fingerprint density at radius 2 is 1.29 bits per heavy atom. The second-order valence-electron chi connectivity index (χ2n) is 17.8. The molecule has 0 aromatic carbocycles. The third-order valence-corrected chi connectivity index (χ3v) is 13.7. The highest BCUT2D eigenvalue weighted by atomic mass is 31.2. The predicted octanol–water partition coefficient (Wildman–Crippen LogP) is -0.0362. The van der Waals surface area contributed by atoms with Crippen LogP contribution in [0.1, 0.15) is 59.3 Å². The fourth-order valence-corrected chi connectivity index (χ4v) is 9.91. The Kier molecular flexibility index (Phi) is 19.0. The van der Waals surface area contributed by atoms with Gasteiger partial charge in [-0.05, 0) is 0 Å². The number of Topliss-reactive ketones (excluding diaryl/α,β-unsaturated/α-hetero) is 1. The second kappa shape index (κ2) is 24.7. The highest BCUT2D eigenvalue weighted by Gasteiger charge is 2.54. The number of phosphoric ester groups is 2. The molecule has 30 nitrogen and oxygen atoms in total. The summed E-state index contributed by atoms with van der Waals surface area (Å²) in [4.78, 5) is 110. The van der Waals surface area contributed by atoms with Crippen LogP contribution in [0, 0.1) is 17.8 Å². The first-order valence-corrected chi connectivity index (χ1v) is 26.4. The third kappa shape index (κ3) is 14.1. The Morgan fingerprint density at radius 1 is 0.767 bits per heavy atom. The molecule has 0 aliphatic carbocycles. The topological polar surface area (TPSA) is 395 Å². The normalized spacial score (nSPS) is 27.8. The fraction of sp³-hybridized carbons (Fsp3) is 0.683. The molecule has 32 heteroatoms. The number of phosphoric acid groups is 2. The third-order valence-electron chi connectivity index (χ3n) is 11.7. The van der Waals surface area contributed by atoms with Gasteiger partial charge in [-0.3, -0.25) is 61.5 Å². The number of aromatic nitrogens is 8. The lowest BCUT2D eigenvalue weighted by Crippen LogP contribution is -2.48. The van der Waals surface area contributed by atoms with Crippen molar-refractivity contribution in [3.8, 4) is 0 Å². The van der Waals surface area contributed by atoms with Crippen LogP contribution in [0.5, 0.6) is 0 Å². The molecule has 3 fully saturated rings. The molecule has 2 amide bonds. The summed E-state index contributed by atoms with van der Waals surface area (Å²) < 4.78 is 87.2. The minimum Gasteiger partial charge on any atom is -0.379 e. The summed E-state index contributed by atoms with van der Waals surface area (Å²) in [5, 5.41) is 5.23. The van der Waals surface area contributed by atoms with E-state index in [0.717, 1.165) is 6.33 Å². The number of nitrogens with one attached hydrogen (secondary N) is 4. The Bertz CT molecular complexity index is 2790. The molecule has 73 heavy (non-hydrogen) atoms. The number of imidazole rings is 2. The van der Waals surface area contributed by atoms with E-state index in [1.165, 1.54) is 15.5 Å². The van der Waals surface area contributed by atoms with Crippen LogP contribution in [0.2, 0.25) is 0 Å².